The molecule has 0 unspecified atom stereocenters. The average molecular weight is 138 g/mol. The first kappa shape index (κ1) is 9.08. The fraction of sp³-hybridized carbons (Fsp3) is 0. The van der Waals surface area contributed by atoms with Crippen molar-refractivity contribution in [3.8, 4) is 0 Å². The van der Waals surface area contributed by atoms with Crippen LogP contribution >= 0.6 is 0 Å². The van der Waals surface area contributed by atoms with Crippen molar-refractivity contribution in [3.63, 3.8) is 0 Å². The molecular weight excluding hydrogens is 133 g/mol. The van der Waals surface area contributed by atoms with Crippen LogP contribution in [0.15, 0.2) is 24.3 Å². The minimum atomic E-state index is -0.537. The Balaban J connectivity index is 0. The van der Waals surface area contributed by atoms with E-state index in [9.17, 15) is 8.78 Å². The molecule has 1 aromatic carbocycles. The Kier molecular flexibility index (Phi) is 4.02. The molecule has 44 valence electrons. The first-order chi connectivity index (χ1) is 3.79. The molecule has 0 amide bonds. The topological polar surface area (TPSA) is 0 Å². The predicted octanol–water partition coefficient (Wildman–Crippen LogP) is -0.919. The molecule has 0 heterocycles. The second kappa shape index (κ2) is 3.99. The summed E-state index contributed by atoms with van der Waals surface area (Å²) in [7, 11) is 0. The summed E-state index contributed by atoms with van der Waals surface area (Å²) in [5.74, 6) is -1.07. The molecule has 0 aliphatic rings. The minimum absolute atomic E-state index is 0. The van der Waals surface area contributed by atoms with Crippen molar-refractivity contribution in [3.05, 3.63) is 35.9 Å². The van der Waals surface area contributed by atoms with Gasteiger partial charge in [-0.3, -0.25) is 0 Å². The van der Waals surface area contributed by atoms with Gasteiger partial charge in [0.25, 0.3) is 0 Å². The van der Waals surface area contributed by atoms with Gasteiger partial charge >= 0.3 is 29.6 Å². The van der Waals surface area contributed by atoms with Crippen molar-refractivity contribution >= 4 is 0 Å². The van der Waals surface area contributed by atoms with Gasteiger partial charge < -0.3 is 1.43 Å². The van der Waals surface area contributed by atoms with Crippen LogP contribution in [0, 0.1) is 11.6 Å². The van der Waals surface area contributed by atoms with Crippen molar-refractivity contribution in [2.24, 2.45) is 0 Å². The summed E-state index contributed by atoms with van der Waals surface area (Å²) in [6, 6.07) is 4.55. The summed E-state index contributed by atoms with van der Waals surface area (Å²) in [6.07, 6.45) is 0. The van der Waals surface area contributed by atoms with Crippen LogP contribution < -0.4 is 29.6 Å². The zero-order chi connectivity index (χ0) is 5.98. The summed E-state index contributed by atoms with van der Waals surface area (Å²) in [4.78, 5) is 0. The molecule has 0 aliphatic heterocycles. The summed E-state index contributed by atoms with van der Waals surface area (Å²) in [5.41, 5.74) is 0. The molecule has 0 spiro atoms. The average Bonchev–Trinajstić information content (AvgIpc) is 1.64. The van der Waals surface area contributed by atoms with Gasteiger partial charge in [0.05, 0.1) is 0 Å². The van der Waals surface area contributed by atoms with Gasteiger partial charge in [0.2, 0.25) is 0 Å². The first-order valence-corrected chi connectivity index (χ1v) is 2.20. The zero-order valence-corrected chi connectivity index (χ0v) is 7.07. The summed E-state index contributed by atoms with van der Waals surface area (Å²) in [6.45, 7) is 0. The van der Waals surface area contributed by atoms with E-state index in [1.807, 2.05) is 0 Å². The van der Waals surface area contributed by atoms with Crippen LogP contribution in [0.1, 0.15) is 1.43 Å². The van der Waals surface area contributed by atoms with Crippen molar-refractivity contribution in [1.29, 1.82) is 0 Å². The van der Waals surface area contributed by atoms with E-state index in [-0.39, 0.29) is 31.0 Å². The van der Waals surface area contributed by atoms with Crippen LogP contribution in [-0.2, 0) is 0 Å². The number of benzene rings is 1. The molecule has 1 rings (SSSR count). The molecule has 0 saturated carbocycles. The first-order valence-electron chi connectivity index (χ1n) is 2.20. The van der Waals surface area contributed by atoms with Gasteiger partial charge in [-0.25, -0.2) is 8.78 Å². The molecule has 0 nitrogen and oxygen atoms in total. The van der Waals surface area contributed by atoms with E-state index in [2.05, 4.69) is 0 Å². The molecule has 0 fully saturated rings. The van der Waals surface area contributed by atoms with E-state index in [1.54, 1.807) is 0 Å². The van der Waals surface area contributed by atoms with Crippen molar-refractivity contribution < 1.29 is 39.8 Å². The summed E-state index contributed by atoms with van der Waals surface area (Å²) in [5, 5.41) is 0. The van der Waals surface area contributed by atoms with Gasteiger partial charge in [-0.1, -0.05) is 6.07 Å². The molecule has 9 heavy (non-hydrogen) atoms. The molecule has 0 aromatic heterocycles. The molecular formula is C6H5F2Na. The van der Waals surface area contributed by atoms with Gasteiger partial charge in [-0.15, -0.1) is 0 Å². The van der Waals surface area contributed by atoms with Gasteiger partial charge in [0.15, 0.2) is 0 Å². The van der Waals surface area contributed by atoms with Crippen LogP contribution in [-0.4, -0.2) is 0 Å². The minimum Gasteiger partial charge on any atom is -1.00 e. The van der Waals surface area contributed by atoms with E-state index in [0.717, 1.165) is 6.07 Å². The zero-order valence-electron chi connectivity index (χ0n) is 6.07. The summed E-state index contributed by atoms with van der Waals surface area (Å²) >= 11 is 0. The van der Waals surface area contributed by atoms with E-state index in [0.29, 0.717) is 0 Å². The monoisotopic (exact) mass is 138 g/mol. The Morgan fingerprint density at radius 1 is 1.11 bits per heavy atom. The Bertz CT molecular complexity index is 176. The van der Waals surface area contributed by atoms with Gasteiger partial charge in [0, 0.05) is 6.07 Å². The largest absolute Gasteiger partial charge is 1.00 e. The molecule has 0 radical (unpaired) electrons. The SMILES string of the molecule is Fc1cccc(F)c1.[H-].[Na+]. The molecule has 0 aliphatic carbocycles. The summed E-state index contributed by atoms with van der Waals surface area (Å²) < 4.78 is 23.9. The van der Waals surface area contributed by atoms with E-state index in [1.165, 1.54) is 18.2 Å². The Morgan fingerprint density at radius 2 is 1.56 bits per heavy atom. The molecule has 0 bridgehead atoms. The standard InChI is InChI=1S/C6H4F2.Na.H/c7-5-2-1-3-6(8)4-5;;/h1-4H;;/q;+1;-1. The predicted molar refractivity (Wildman–Crippen MR) is 27.5 cm³/mol. The number of hydrogen-bond acceptors (Lipinski definition) is 0. The fourth-order valence-corrected chi connectivity index (χ4v) is 0.460. The number of rotatable bonds is 0. The number of halogens is 2. The van der Waals surface area contributed by atoms with Crippen molar-refractivity contribution in [1.82, 2.24) is 0 Å². The van der Waals surface area contributed by atoms with Gasteiger partial charge in [-0.2, -0.15) is 0 Å². The van der Waals surface area contributed by atoms with Crippen LogP contribution in [0.4, 0.5) is 8.78 Å². The third-order valence-electron chi connectivity index (χ3n) is 0.787. The molecule has 1 aromatic rings. The Morgan fingerprint density at radius 3 is 1.78 bits per heavy atom. The smallest absolute Gasteiger partial charge is 1.00 e. The molecule has 3 heteroatoms. The van der Waals surface area contributed by atoms with E-state index >= 15 is 0 Å². The van der Waals surface area contributed by atoms with Gasteiger partial charge in [-0.05, 0) is 12.1 Å². The van der Waals surface area contributed by atoms with E-state index < -0.39 is 11.6 Å². The maximum atomic E-state index is 11.9. The van der Waals surface area contributed by atoms with Crippen LogP contribution in [0.2, 0.25) is 0 Å². The normalized spacial score (nSPS) is 8.22. The number of hydrogen-bond donors (Lipinski definition) is 0. The quantitative estimate of drug-likeness (QED) is 0.407. The maximum absolute atomic E-state index is 11.9. The van der Waals surface area contributed by atoms with Gasteiger partial charge in [0.1, 0.15) is 11.6 Å². The van der Waals surface area contributed by atoms with Crippen LogP contribution in [0.3, 0.4) is 0 Å². The molecule has 0 N–H and O–H groups in total. The van der Waals surface area contributed by atoms with Crippen LogP contribution in [0.5, 0.6) is 0 Å². The Hall–Kier alpha value is 0.0800. The fourth-order valence-electron chi connectivity index (χ4n) is 0.460. The van der Waals surface area contributed by atoms with Crippen molar-refractivity contribution in [2.45, 2.75) is 0 Å². The maximum Gasteiger partial charge on any atom is 1.00 e. The second-order valence-corrected chi connectivity index (χ2v) is 1.44. The van der Waals surface area contributed by atoms with E-state index in [4.69, 9.17) is 0 Å². The Labute approximate surface area is 75.7 Å². The molecule has 0 atom stereocenters. The molecule has 0 saturated heterocycles. The van der Waals surface area contributed by atoms with Crippen molar-refractivity contribution in [2.75, 3.05) is 0 Å². The third-order valence-corrected chi connectivity index (χ3v) is 0.787. The second-order valence-electron chi connectivity index (χ2n) is 1.44. The van der Waals surface area contributed by atoms with Crippen LogP contribution in [0.25, 0.3) is 0 Å². The third kappa shape index (κ3) is 2.94.